The summed E-state index contributed by atoms with van der Waals surface area (Å²) in [5, 5.41) is 0.211. The van der Waals surface area contributed by atoms with E-state index in [2.05, 4.69) is 23.8 Å². The summed E-state index contributed by atoms with van der Waals surface area (Å²) >= 11 is 5.88. The van der Waals surface area contributed by atoms with Gasteiger partial charge in [0.1, 0.15) is 11.7 Å². The lowest BCUT2D eigenvalue weighted by atomic mass is 10.1. The third-order valence-electron chi connectivity index (χ3n) is 3.46. The first-order valence-corrected chi connectivity index (χ1v) is 6.86. The molecule has 0 bridgehead atoms. The summed E-state index contributed by atoms with van der Waals surface area (Å²) < 4.78 is 0. The zero-order chi connectivity index (χ0) is 14.2. The first kappa shape index (κ1) is 14.1. The summed E-state index contributed by atoms with van der Waals surface area (Å²) in [4.78, 5) is 24.1. The number of hydrogen-bond donors (Lipinski definition) is 0. The molecule has 1 aliphatic heterocycles. The molecule has 0 saturated heterocycles. The Bertz CT molecular complexity index is 492. The van der Waals surface area contributed by atoms with Crippen molar-refractivity contribution >= 4 is 29.0 Å². The summed E-state index contributed by atoms with van der Waals surface area (Å²) in [7, 11) is 1.74. The van der Waals surface area contributed by atoms with Crippen molar-refractivity contribution in [3.05, 3.63) is 11.5 Å². The fourth-order valence-electron chi connectivity index (χ4n) is 2.21. The largest absolute Gasteiger partial charge is 0.343 e. The maximum absolute atomic E-state index is 12.2. The van der Waals surface area contributed by atoms with Crippen molar-refractivity contribution in [1.29, 1.82) is 0 Å². The van der Waals surface area contributed by atoms with Crippen LogP contribution in [0.3, 0.4) is 0 Å². The summed E-state index contributed by atoms with van der Waals surface area (Å²) in [6.45, 7) is 7.02. The highest BCUT2D eigenvalue weighted by molar-refractivity contribution is 6.28. The number of rotatable bonds is 3. The van der Waals surface area contributed by atoms with Gasteiger partial charge in [0, 0.05) is 13.6 Å². The number of aromatic nitrogens is 2. The molecule has 0 N–H and O–H groups in total. The van der Waals surface area contributed by atoms with Crippen molar-refractivity contribution in [3.8, 4) is 0 Å². The molecule has 0 saturated carbocycles. The average Bonchev–Trinajstić information content (AvgIpc) is 2.35. The fourth-order valence-corrected chi connectivity index (χ4v) is 2.34. The Labute approximate surface area is 118 Å². The van der Waals surface area contributed by atoms with Gasteiger partial charge < -0.3 is 9.80 Å². The van der Waals surface area contributed by atoms with Gasteiger partial charge in [0.15, 0.2) is 5.82 Å². The Kier molecular flexibility index (Phi) is 3.94. The van der Waals surface area contributed by atoms with E-state index in [9.17, 15) is 4.79 Å². The molecule has 0 aliphatic carbocycles. The normalized spacial score (nSPS) is 19.1. The number of carbonyl (C=O) groups is 1. The van der Waals surface area contributed by atoms with E-state index in [4.69, 9.17) is 11.6 Å². The minimum Gasteiger partial charge on any atom is -0.343 e. The second kappa shape index (κ2) is 5.33. The van der Waals surface area contributed by atoms with Gasteiger partial charge in [-0.15, -0.1) is 0 Å². The molecule has 0 spiro atoms. The van der Waals surface area contributed by atoms with Gasteiger partial charge in [0.2, 0.25) is 11.2 Å². The van der Waals surface area contributed by atoms with Crippen LogP contribution in [0.2, 0.25) is 5.28 Å². The molecule has 6 heteroatoms. The van der Waals surface area contributed by atoms with E-state index in [0.717, 1.165) is 24.5 Å². The molecular formula is C13H19ClN4O. The number of fused-ring (bicyclic) bond motifs is 1. The number of hydrogen-bond acceptors (Lipinski definition) is 4. The third-order valence-corrected chi connectivity index (χ3v) is 3.64. The van der Waals surface area contributed by atoms with Gasteiger partial charge in [-0.05, 0) is 30.9 Å². The summed E-state index contributed by atoms with van der Waals surface area (Å²) in [6.07, 6.45) is 2.61. The molecule has 2 heterocycles. The maximum atomic E-state index is 12.2. The van der Waals surface area contributed by atoms with E-state index in [1.165, 1.54) is 0 Å². The molecule has 1 aromatic heterocycles. The average molecular weight is 283 g/mol. The first-order chi connectivity index (χ1) is 8.91. The second-order valence-corrected chi connectivity index (χ2v) is 5.64. The van der Waals surface area contributed by atoms with Crippen LogP contribution < -0.4 is 9.80 Å². The number of likely N-dealkylation sites (N-methyl/N-ethyl adjacent to an activating group) is 1. The van der Waals surface area contributed by atoms with Crippen molar-refractivity contribution in [1.82, 2.24) is 9.97 Å². The van der Waals surface area contributed by atoms with Crippen molar-refractivity contribution in [2.24, 2.45) is 5.92 Å². The minimum atomic E-state index is -0.220. The highest BCUT2D eigenvalue weighted by atomic mass is 35.5. The van der Waals surface area contributed by atoms with Gasteiger partial charge in [0.25, 0.3) is 0 Å². The molecule has 1 aliphatic rings. The number of carbonyl (C=O) groups excluding carboxylic acids is 1. The molecule has 104 valence electrons. The second-order valence-electron chi connectivity index (χ2n) is 5.30. The van der Waals surface area contributed by atoms with Crippen LogP contribution in [0.25, 0.3) is 0 Å². The molecule has 0 fully saturated rings. The lowest BCUT2D eigenvalue weighted by Crippen LogP contribution is -2.51. The van der Waals surface area contributed by atoms with Gasteiger partial charge in [-0.1, -0.05) is 13.8 Å². The summed E-state index contributed by atoms with van der Waals surface area (Å²) in [6, 6.07) is -0.220. The lowest BCUT2D eigenvalue weighted by molar-refractivity contribution is -0.119. The maximum Gasteiger partial charge on any atom is 0.249 e. The van der Waals surface area contributed by atoms with Crippen LogP contribution in [-0.2, 0) is 4.79 Å². The topological polar surface area (TPSA) is 49.3 Å². The lowest BCUT2D eigenvalue weighted by Gasteiger charge is -2.39. The Morgan fingerprint density at radius 3 is 2.79 bits per heavy atom. The molecule has 2 rings (SSSR count). The zero-order valence-corrected chi connectivity index (χ0v) is 12.5. The number of amides is 1. The zero-order valence-electron chi connectivity index (χ0n) is 11.7. The molecule has 1 amide bonds. The quantitative estimate of drug-likeness (QED) is 0.799. The number of halogens is 1. The Balaban J connectivity index is 2.39. The van der Waals surface area contributed by atoms with E-state index in [-0.39, 0.29) is 17.2 Å². The molecular weight excluding hydrogens is 264 g/mol. The van der Waals surface area contributed by atoms with Crippen LogP contribution in [0.4, 0.5) is 11.5 Å². The standard InChI is InChI=1S/C13H19ClN4O/c1-8(2)5-6-18-9(3)12(19)17(4)10-7-15-13(14)16-11(10)18/h7-9H,5-6H2,1-4H3/t9-/m0/s1. The van der Waals surface area contributed by atoms with Crippen molar-refractivity contribution in [2.45, 2.75) is 33.2 Å². The van der Waals surface area contributed by atoms with Crippen LogP contribution in [0, 0.1) is 5.92 Å². The molecule has 5 nitrogen and oxygen atoms in total. The van der Waals surface area contributed by atoms with E-state index in [0.29, 0.717) is 5.92 Å². The van der Waals surface area contributed by atoms with E-state index >= 15 is 0 Å². The Hall–Kier alpha value is -1.36. The molecule has 1 atom stereocenters. The molecule has 0 unspecified atom stereocenters. The predicted octanol–water partition coefficient (Wildman–Crippen LogP) is 2.35. The van der Waals surface area contributed by atoms with Crippen LogP contribution in [0.15, 0.2) is 6.20 Å². The van der Waals surface area contributed by atoms with E-state index in [1.54, 1.807) is 18.1 Å². The van der Waals surface area contributed by atoms with Crippen LogP contribution in [-0.4, -0.2) is 35.5 Å². The third kappa shape index (κ3) is 2.66. The summed E-state index contributed by atoms with van der Waals surface area (Å²) in [5.74, 6) is 1.38. The van der Waals surface area contributed by atoms with E-state index in [1.807, 2.05) is 11.8 Å². The smallest absolute Gasteiger partial charge is 0.249 e. The van der Waals surface area contributed by atoms with Crippen LogP contribution >= 0.6 is 11.6 Å². The monoisotopic (exact) mass is 282 g/mol. The predicted molar refractivity (Wildman–Crippen MR) is 76.7 cm³/mol. The van der Waals surface area contributed by atoms with Crippen LogP contribution in [0.1, 0.15) is 27.2 Å². The van der Waals surface area contributed by atoms with Crippen molar-refractivity contribution in [3.63, 3.8) is 0 Å². The van der Waals surface area contributed by atoms with Gasteiger partial charge in [0.05, 0.1) is 6.20 Å². The van der Waals surface area contributed by atoms with Gasteiger partial charge in [-0.3, -0.25) is 4.79 Å². The van der Waals surface area contributed by atoms with Crippen LogP contribution in [0.5, 0.6) is 0 Å². The summed E-state index contributed by atoms with van der Waals surface area (Å²) in [5.41, 5.74) is 0.719. The SMILES string of the molecule is CC(C)CCN1c2nc(Cl)ncc2N(C)C(=O)[C@@H]1C. The molecule has 1 aromatic rings. The Morgan fingerprint density at radius 2 is 2.16 bits per heavy atom. The van der Waals surface area contributed by atoms with Crippen molar-refractivity contribution in [2.75, 3.05) is 23.4 Å². The Morgan fingerprint density at radius 1 is 1.47 bits per heavy atom. The molecule has 0 radical (unpaired) electrons. The van der Waals surface area contributed by atoms with Crippen molar-refractivity contribution < 1.29 is 4.79 Å². The fraction of sp³-hybridized carbons (Fsp3) is 0.615. The number of nitrogens with zero attached hydrogens (tertiary/aromatic N) is 4. The van der Waals surface area contributed by atoms with Gasteiger partial charge in [-0.2, -0.15) is 4.98 Å². The molecule has 19 heavy (non-hydrogen) atoms. The van der Waals surface area contributed by atoms with E-state index < -0.39 is 0 Å². The van der Waals surface area contributed by atoms with Gasteiger partial charge in [-0.25, -0.2) is 4.98 Å². The molecule has 0 aromatic carbocycles. The highest BCUT2D eigenvalue weighted by Gasteiger charge is 2.34. The minimum absolute atomic E-state index is 0.0576. The van der Waals surface area contributed by atoms with Gasteiger partial charge >= 0.3 is 0 Å². The first-order valence-electron chi connectivity index (χ1n) is 6.48. The number of anilines is 2. The highest BCUT2D eigenvalue weighted by Crippen LogP contribution is 2.33.